The molecular formula is C16H12ClNO2S. The van der Waals surface area contributed by atoms with Gasteiger partial charge in [0.25, 0.3) is 0 Å². The van der Waals surface area contributed by atoms with Gasteiger partial charge in [-0.3, -0.25) is 0 Å². The zero-order valence-corrected chi connectivity index (χ0v) is 12.7. The summed E-state index contributed by atoms with van der Waals surface area (Å²) in [5.41, 5.74) is 1.46. The molecule has 0 fully saturated rings. The first-order valence-electron chi connectivity index (χ1n) is 6.43. The van der Waals surface area contributed by atoms with Crippen LogP contribution in [0.5, 0.6) is 0 Å². The van der Waals surface area contributed by atoms with Crippen molar-refractivity contribution in [2.24, 2.45) is 0 Å². The average molecular weight is 318 g/mol. The number of hydrogen-bond donors (Lipinski definition) is 0. The second kappa shape index (κ2) is 6.33. The number of fused-ring (bicyclic) bond motifs is 1. The first-order chi connectivity index (χ1) is 10.2. The lowest BCUT2D eigenvalue weighted by molar-refractivity contribution is 0.463. The molecule has 0 unspecified atom stereocenters. The molecule has 5 heteroatoms. The Morgan fingerprint density at radius 3 is 2.71 bits per heavy atom. The first kappa shape index (κ1) is 14.2. The van der Waals surface area contributed by atoms with E-state index in [1.165, 1.54) is 5.56 Å². The van der Waals surface area contributed by atoms with Gasteiger partial charge < -0.3 is 4.42 Å². The van der Waals surface area contributed by atoms with E-state index in [0.29, 0.717) is 27.6 Å². The van der Waals surface area contributed by atoms with Gasteiger partial charge in [0.05, 0.1) is 16.7 Å². The monoisotopic (exact) mass is 317 g/mol. The predicted octanol–water partition coefficient (Wildman–Crippen LogP) is 4.27. The second-order valence-corrected chi connectivity index (χ2v) is 5.96. The molecular weight excluding hydrogens is 306 g/mol. The molecule has 0 amide bonds. The third kappa shape index (κ3) is 3.46. The molecule has 3 rings (SSSR count). The van der Waals surface area contributed by atoms with E-state index in [2.05, 4.69) is 17.1 Å². The fourth-order valence-corrected chi connectivity index (χ4v) is 2.98. The van der Waals surface area contributed by atoms with Crippen LogP contribution in [0.15, 0.2) is 57.7 Å². The molecule has 0 saturated carbocycles. The lowest BCUT2D eigenvalue weighted by Crippen LogP contribution is -2.04. The summed E-state index contributed by atoms with van der Waals surface area (Å²) in [6.07, 6.45) is 0. The standard InChI is InChI=1S/C16H12ClNO2S/c17-12-6-7-14-13(8-12)16(19)20-15(18-14)10-21-9-11-4-2-1-3-5-11/h1-8H,9-10H2. The van der Waals surface area contributed by atoms with Gasteiger partial charge in [-0.2, -0.15) is 0 Å². The van der Waals surface area contributed by atoms with Gasteiger partial charge in [-0.15, -0.1) is 11.8 Å². The molecule has 0 N–H and O–H groups in total. The van der Waals surface area contributed by atoms with Crippen LogP contribution < -0.4 is 5.63 Å². The van der Waals surface area contributed by atoms with E-state index in [1.54, 1.807) is 30.0 Å². The van der Waals surface area contributed by atoms with Gasteiger partial charge in [0.2, 0.25) is 5.89 Å². The van der Waals surface area contributed by atoms with Crippen LogP contribution in [0.25, 0.3) is 10.9 Å². The van der Waals surface area contributed by atoms with Crippen molar-refractivity contribution in [3.8, 4) is 0 Å². The van der Waals surface area contributed by atoms with Crippen molar-refractivity contribution in [1.82, 2.24) is 4.98 Å². The van der Waals surface area contributed by atoms with Crippen molar-refractivity contribution in [3.63, 3.8) is 0 Å². The SMILES string of the molecule is O=c1oc(CSCc2ccccc2)nc2ccc(Cl)cc12. The van der Waals surface area contributed by atoms with E-state index in [4.69, 9.17) is 16.0 Å². The molecule has 1 heterocycles. The molecule has 2 aromatic carbocycles. The summed E-state index contributed by atoms with van der Waals surface area (Å²) in [7, 11) is 0. The zero-order valence-electron chi connectivity index (χ0n) is 11.1. The summed E-state index contributed by atoms with van der Waals surface area (Å²) >= 11 is 7.53. The van der Waals surface area contributed by atoms with Crippen LogP contribution in [0.3, 0.4) is 0 Å². The fourth-order valence-electron chi connectivity index (χ4n) is 1.98. The Morgan fingerprint density at radius 2 is 1.90 bits per heavy atom. The number of benzene rings is 2. The Kier molecular flexibility index (Phi) is 4.27. The van der Waals surface area contributed by atoms with Gasteiger partial charge in [0, 0.05) is 10.8 Å². The minimum absolute atomic E-state index is 0.391. The summed E-state index contributed by atoms with van der Waals surface area (Å²) in [6, 6.07) is 15.2. The van der Waals surface area contributed by atoms with Gasteiger partial charge in [-0.1, -0.05) is 41.9 Å². The Hall–Kier alpha value is -1.78. The van der Waals surface area contributed by atoms with Crippen molar-refractivity contribution in [1.29, 1.82) is 0 Å². The largest absolute Gasteiger partial charge is 0.407 e. The molecule has 0 radical (unpaired) electrons. The summed E-state index contributed by atoms with van der Waals surface area (Å²) in [5.74, 6) is 1.85. The van der Waals surface area contributed by atoms with Crippen molar-refractivity contribution < 1.29 is 4.42 Å². The van der Waals surface area contributed by atoms with Crippen LogP contribution in [-0.4, -0.2) is 4.98 Å². The van der Waals surface area contributed by atoms with Crippen LogP contribution in [0, 0.1) is 0 Å². The van der Waals surface area contributed by atoms with E-state index < -0.39 is 5.63 Å². The first-order valence-corrected chi connectivity index (χ1v) is 7.96. The highest BCUT2D eigenvalue weighted by Crippen LogP contribution is 2.19. The highest BCUT2D eigenvalue weighted by atomic mass is 35.5. The highest BCUT2D eigenvalue weighted by Gasteiger charge is 2.07. The molecule has 0 aliphatic rings. The van der Waals surface area contributed by atoms with Gasteiger partial charge in [0.1, 0.15) is 0 Å². The van der Waals surface area contributed by atoms with Crippen molar-refractivity contribution in [2.45, 2.75) is 11.5 Å². The van der Waals surface area contributed by atoms with Crippen LogP contribution >= 0.6 is 23.4 Å². The molecule has 21 heavy (non-hydrogen) atoms. The molecule has 3 nitrogen and oxygen atoms in total. The normalized spacial score (nSPS) is 10.9. The Balaban J connectivity index is 1.76. The minimum Gasteiger partial charge on any atom is -0.407 e. The van der Waals surface area contributed by atoms with Crippen LogP contribution in [0.1, 0.15) is 11.5 Å². The summed E-state index contributed by atoms with van der Waals surface area (Å²) < 4.78 is 5.24. The number of thioether (sulfide) groups is 1. The fraction of sp³-hybridized carbons (Fsp3) is 0.125. The number of nitrogens with zero attached hydrogens (tertiary/aromatic N) is 1. The van der Waals surface area contributed by atoms with E-state index in [0.717, 1.165) is 5.75 Å². The molecule has 0 spiro atoms. The number of aromatic nitrogens is 1. The Bertz CT molecular complexity index is 817. The van der Waals surface area contributed by atoms with Crippen LogP contribution in [-0.2, 0) is 11.5 Å². The molecule has 1 aromatic heterocycles. The predicted molar refractivity (Wildman–Crippen MR) is 86.7 cm³/mol. The van der Waals surface area contributed by atoms with E-state index in [-0.39, 0.29) is 0 Å². The van der Waals surface area contributed by atoms with Gasteiger partial charge in [-0.25, -0.2) is 9.78 Å². The third-order valence-corrected chi connectivity index (χ3v) is 4.19. The van der Waals surface area contributed by atoms with E-state index in [9.17, 15) is 4.79 Å². The molecule has 0 atom stereocenters. The molecule has 106 valence electrons. The highest BCUT2D eigenvalue weighted by molar-refractivity contribution is 7.97. The molecule has 3 aromatic rings. The molecule has 0 aliphatic carbocycles. The van der Waals surface area contributed by atoms with Gasteiger partial charge in [0.15, 0.2) is 0 Å². The topological polar surface area (TPSA) is 43.1 Å². The minimum atomic E-state index is -0.391. The zero-order chi connectivity index (χ0) is 14.7. The smallest absolute Gasteiger partial charge is 0.346 e. The molecule has 0 bridgehead atoms. The lowest BCUT2D eigenvalue weighted by Gasteiger charge is -2.02. The summed E-state index contributed by atoms with van der Waals surface area (Å²) in [6.45, 7) is 0. The van der Waals surface area contributed by atoms with Crippen LogP contribution in [0.4, 0.5) is 0 Å². The Labute approximate surface area is 131 Å². The van der Waals surface area contributed by atoms with Gasteiger partial charge in [-0.05, 0) is 23.8 Å². The maximum Gasteiger partial charge on any atom is 0.346 e. The van der Waals surface area contributed by atoms with Crippen molar-refractivity contribution in [2.75, 3.05) is 0 Å². The van der Waals surface area contributed by atoms with Crippen LogP contribution in [0.2, 0.25) is 5.02 Å². The van der Waals surface area contributed by atoms with E-state index >= 15 is 0 Å². The number of halogens is 1. The number of hydrogen-bond acceptors (Lipinski definition) is 4. The average Bonchev–Trinajstić information content (AvgIpc) is 2.49. The molecule has 0 aliphatic heterocycles. The molecule has 0 saturated heterocycles. The number of rotatable bonds is 4. The third-order valence-electron chi connectivity index (χ3n) is 2.97. The summed E-state index contributed by atoms with van der Waals surface area (Å²) in [4.78, 5) is 16.3. The van der Waals surface area contributed by atoms with Gasteiger partial charge >= 0.3 is 5.63 Å². The Morgan fingerprint density at radius 1 is 1.10 bits per heavy atom. The lowest BCUT2D eigenvalue weighted by atomic mass is 10.2. The summed E-state index contributed by atoms with van der Waals surface area (Å²) in [5, 5.41) is 0.919. The maximum absolute atomic E-state index is 11.9. The quantitative estimate of drug-likeness (QED) is 0.720. The van der Waals surface area contributed by atoms with Crippen molar-refractivity contribution >= 4 is 34.3 Å². The van der Waals surface area contributed by atoms with Crippen molar-refractivity contribution in [3.05, 3.63) is 75.4 Å². The second-order valence-electron chi connectivity index (χ2n) is 4.53. The maximum atomic E-state index is 11.9. The van der Waals surface area contributed by atoms with E-state index in [1.807, 2.05) is 18.2 Å².